The van der Waals surface area contributed by atoms with E-state index in [0.29, 0.717) is 47.7 Å². The van der Waals surface area contributed by atoms with E-state index in [9.17, 15) is 4.79 Å². The van der Waals surface area contributed by atoms with Crippen LogP contribution in [0.3, 0.4) is 0 Å². The van der Waals surface area contributed by atoms with Crippen LogP contribution in [0.4, 0.5) is 5.69 Å². The van der Waals surface area contributed by atoms with E-state index in [0.717, 1.165) is 11.3 Å². The molecule has 1 unspecified atom stereocenters. The van der Waals surface area contributed by atoms with Crippen LogP contribution in [0.25, 0.3) is 0 Å². The molecule has 1 saturated heterocycles. The Morgan fingerprint density at radius 2 is 1.85 bits per heavy atom. The summed E-state index contributed by atoms with van der Waals surface area (Å²) in [6.45, 7) is 4.37. The quantitative estimate of drug-likeness (QED) is 0.799. The van der Waals surface area contributed by atoms with Crippen LogP contribution in [-0.4, -0.2) is 44.2 Å². The van der Waals surface area contributed by atoms with Crippen LogP contribution < -0.4 is 10.1 Å². The van der Waals surface area contributed by atoms with Gasteiger partial charge in [0.2, 0.25) is 5.91 Å². The van der Waals surface area contributed by atoms with Crippen LogP contribution in [0.15, 0.2) is 36.4 Å². The number of morpholine rings is 1. The van der Waals surface area contributed by atoms with Crippen molar-refractivity contribution in [1.29, 1.82) is 0 Å². The van der Waals surface area contributed by atoms with Crippen LogP contribution in [0.2, 0.25) is 10.0 Å². The monoisotopic (exact) mass is 408 g/mol. The second kappa shape index (κ2) is 8.93. The number of nitrogens with zero attached hydrogens (tertiary/aromatic N) is 1. The van der Waals surface area contributed by atoms with Gasteiger partial charge >= 0.3 is 0 Å². The van der Waals surface area contributed by atoms with E-state index in [1.54, 1.807) is 12.1 Å². The van der Waals surface area contributed by atoms with Crippen molar-refractivity contribution < 1.29 is 14.3 Å². The molecule has 1 heterocycles. The lowest BCUT2D eigenvalue weighted by Gasteiger charge is -2.34. The van der Waals surface area contributed by atoms with E-state index in [-0.39, 0.29) is 5.91 Å². The number of ether oxygens (including phenoxy) is 2. The highest BCUT2D eigenvalue weighted by atomic mass is 35.5. The molecular formula is C20H22Cl2N2O3. The van der Waals surface area contributed by atoms with E-state index >= 15 is 0 Å². The Bertz CT molecular complexity index is 806. The zero-order valence-corrected chi connectivity index (χ0v) is 16.8. The van der Waals surface area contributed by atoms with Gasteiger partial charge in [-0.2, -0.15) is 0 Å². The lowest BCUT2D eigenvalue weighted by molar-refractivity contribution is -0.123. The summed E-state index contributed by atoms with van der Waals surface area (Å²) in [7, 11) is 1.53. The van der Waals surface area contributed by atoms with Gasteiger partial charge in [-0.15, -0.1) is 0 Å². The van der Waals surface area contributed by atoms with Crippen molar-refractivity contribution >= 4 is 34.8 Å². The molecule has 0 saturated carbocycles. The van der Waals surface area contributed by atoms with Crippen LogP contribution in [0.5, 0.6) is 5.75 Å². The second-order valence-corrected chi connectivity index (χ2v) is 7.26. The molecule has 0 spiro atoms. The Morgan fingerprint density at radius 3 is 2.48 bits per heavy atom. The first-order valence-electron chi connectivity index (χ1n) is 8.72. The minimum absolute atomic E-state index is 0.169. The third kappa shape index (κ3) is 4.74. The fraction of sp³-hybridized carbons (Fsp3) is 0.350. The topological polar surface area (TPSA) is 50.8 Å². The van der Waals surface area contributed by atoms with Gasteiger partial charge in [0, 0.05) is 29.4 Å². The van der Waals surface area contributed by atoms with Gasteiger partial charge < -0.3 is 14.8 Å². The highest BCUT2D eigenvalue weighted by Gasteiger charge is 2.32. The first-order chi connectivity index (χ1) is 13.0. The smallest absolute Gasteiger partial charge is 0.246 e. The molecule has 2 aromatic carbocycles. The molecule has 7 heteroatoms. The molecule has 27 heavy (non-hydrogen) atoms. The second-order valence-electron chi connectivity index (χ2n) is 6.42. The Labute approximate surface area is 169 Å². The fourth-order valence-electron chi connectivity index (χ4n) is 3.19. The number of rotatable bonds is 5. The third-order valence-corrected chi connectivity index (χ3v) is 5.01. The van der Waals surface area contributed by atoms with Gasteiger partial charge in [0.15, 0.2) is 0 Å². The Balaban J connectivity index is 1.98. The molecule has 0 aliphatic carbocycles. The van der Waals surface area contributed by atoms with E-state index in [1.807, 2.05) is 31.2 Å². The average Bonchev–Trinajstić information content (AvgIpc) is 2.64. The van der Waals surface area contributed by atoms with Crippen molar-refractivity contribution in [3.8, 4) is 5.75 Å². The normalized spacial score (nSPS) is 16.0. The average molecular weight is 409 g/mol. The van der Waals surface area contributed by atoms with E-state index in [1.165, 1.54) is 7.11 Å². The van der Waals surface area contributed by atoms with Crippen LogP contribution in [0, 0.1) is 6.92 Å². The number of hydrogen-bond donors (Lipinski definition) is 1. The molecule has 0 bridgehead atoms. The summed E-state index contributed by atoms with van der Waals surface area (Å²) in [5.74, 6) is 0.286. The summed E-state index contributed by atoms with van der Waals surface area (Å²) in [4.78, 5) is 15.3. The molecule has 1 aliphatic heterocycles. The summed E-state index contributed by atoms with van der Waals surface area (Å²) in [5, 5.41) is 3.82. The zero-order valence-electron chi connectivity index (χ0n) is 15.3. The highest BCUT2D eigenvalue weighted by Crippen LogP contribution is 2.38. The SMILES string of the molecule is COc1c(Cl)cc(Cl)cc1C(C(=O)Nc1ccc(C)cc1)N1CCOCC1. The fourth-order valence-corrected chi connectivity index (χ4v) is 3.77. The van der Waals surface area contributed by atoms with Gasteiger partial charge in [0.25, 0.3) is 0 Å². The minimum atomic E-state index is -0.596. The number of amides is 1. The molecule has 0 radical (unpaired) electrons. The lowest BCUT2D eigenvalue weighted by atomic mass is 10.0. The summed E-state index contributed by atoms with van der Waals surface area (Å²) >= 11 is 12.5. The molecule has 3 rings (SSSR count). The number of methoxy groups -OCH3 is 1. The summed E-state index contributed by atoms with van der Waals surface area (Å²) in [6.07, 6.45) is 0. The number of benzene rings is 2. The predicted octanol–water partition coefficient (Wildman–Crippen LogP) is 4.32. The predicted molar refractivity (Wildman–Crippen MR) is 108 cm³/mol. The molecule has 144 valence electrons. The molecular weight excluding hydrogens is 387 g/mol. The molecule has 1 atom stereocenters. The summed E-state index contributed by atoms with van der Waals surface area (Å²) < 4.78 is 10.9. The molecule has 1 aliphatic rings. The molecule has 0 aromatic heterocycles. The van der Waals surface area contributed by atoms with Crippen molar-refractivity contribution in [2.24, 2.45) is 0 Å². The molecule has 1 fully saturated rings. The maximum atomic E-state index is 13.3. The number of carbonyl (C=O) groups is 1. The first-order valence-corrected chi connectivity index (χ1v) is 9.47. The Hall–Kier alpha value is -1.79. The molecule has 1 amide bonds. The van der Waals surface area contributed by atoms with Crippen LogP contribution >= 0.6 is 23.2 Å². The zero-order chi connectivity index (χ0) is 19.4. The van der Waals surface area contributed by atoms with Gasteiger partial charge in [-0.25, -0.2) is 0 Å². The van der Waals surface area contributed by atoms with Crippen LogP contribution in [-0.2, 0) is 9.53 Å². The number of aryl methyl sites for hydroxylation is 1. The van der Waals surface area contributed by atoms with Gasteiger partial charge in [-0.3, -0.25) is 9.69 Å². The van der Waals surface area contributed by atoms with Crippen molar-refractivity contribution in [3.05, 3.63) is 57.6 Å². The van der Waals surface area contributed by atoms with Gasteiger partial charge in [0.1, 0.15) is 11.8 Å². The summed E-state index contributed by atoms with van der Waals surface area (Å²) in [6, 6.07) is 10.4. The van der Waals surface area contributed by atoms with Crippen LogP contribution in [0.1, 0.15) is 17.2 Å². The van der Waals surface area contributed by atoms with Gasteiger partial charge in [-0.1, -0.05) is 40.9 Å². The van der Waals surface area contributed by atoms with Crippen molar-refractivity contribution in [2.75, 3.05) is 38.7 Å². The Morgan fingerprint density at radius 1 is 1.19 bits per heavy atom. The van der Waals surface area contributed by atoms with Gasteiger partial charge in [0.05, 0.1) is 25.3 Å². The molecule has 2 aromatic rings. The number of hydrogen-bond acceptors (Lipinski definition) is 4. The van der Waals surface area contributed by atoms with E-state index in [4.69, 9.17) is 32.7 Å². The third-order valence-electron chi connectivity index (χ3n) is 4.51. The van der Waals surface area contributed by atoms with Crippen molar-refractivity contribution in [3.63, 3.8) is 0 Å². The number of nitrogens with one attached hydrogen (secondary N) is 1. The number of halogens is 2. The van der Waals surface area contributed by atoms with Gasteiger partial charge in [-0.05, 0) is 31.2 Å². The molecule has 1 N–H and O–H groups in total. The minimum Gasteiger partial charge on any atom is -0.495 e. The Kier molecular flexibility index (Phi) is 6.60. The van der Waals surface area contributed by atoms with E-state index in [2.05, 4.69) is 10.2 Å². The largest absolute Gasteiger partial charge is 0.495 e. The highest BCUT2D eigenvalue weighted by molar-refractivity contribution is 6.35. The lowest BCUT2D eigenvalue weighted by Crippen LogP contribution is -2.44. The maximum absolute atomic E-state index is 13.3. The maximum Gasteiger partial charge on any atom is 0.246 e. The molecule has 5 nitrogen and oxygen atoms in total. The van der Waals surface area contributed by atoms with Crippen molar-refractivity contribution in [2.45, 2.75) is 13.0 Å². The summed E-state index contributed by atoms with van der Waals surface area (Å²) in [5.41, 5.74) is 2.50. The first kappa shape index (κ1) is 20.0. The number of anilines is 1. The van der Waals surface area contributed by atoms with E-state index < -0.39 is 6.04 Å². The van der Waals surface area contributed by atoms with Crippen molar-refractivity contribution in [1.82, 2.24) is 4.90 Å². The number of carbonyl (C=O) groups excluding carboxylic acids is 1. The standard InChI is InChI=1S/C20H22Cl2N2O3/c1-13-3-5-15(6-4-13)23-20(25)18(24-7-9-27-10-8-24)16-11-14(21)12-17(22)19(16)26-2/h3-6,11-12,18H,7-10H2,1-2H3,(H,23,25).